The Morgan fingerprint density at radius 2 is 2.26 bits per heavy atom. The number of benzene rings is 1. The van der Waals surface area contributed by atoms with E-state index in [0.29, 0.717) is 12.2 Å². The van der Waals surface area contributed by atoms with Crippen LogP contribution in [0.4, 0.5) is 5.69 Å². The van der Waals surface area contributed by atoms with Crippen LogP contribution in [0.2, 0.25) is 0 Å². The van der Waals surface area contributed by atoms with Crippen LogP contribution in [-0.4, -0.2) is 32.0 Å². The Hall–Kier alpha value is -1.57. The van der Waals surface area contributed by atoms with Crippen molar-refractivity contribution < 1.29 is 9.47 Å². The summed E-state index contributed by atoms with van der Waals surface area (Å²) in [6.07, 6.45) is 1.18. The highest BCUT2D eigenvalue weighted by molar-refractivity contribution is 5.56. The van der Waals surface area contributed by atoms with Gasteiger partial charge in [0, 0.05) is 19.4 Å². The molecule has 3 unspecified atom stereocenters. The van der Waals surface area contributed by atoms with Crippen molar-refractivity contribution in [3.63, 3.8) is 0 Å². The molecule has 1 saturated carbocycles. The van der Waals surface area contributed by atoms with E-state index in [4.69, 9.17) is 14.7 Å². The van der Waals surface area contributed by atoms with E-state index in [1.54, 1.807) is 7.11 Å². The fourth-order valence-corrected chi connectivity index (χ4v) is 2.46. The van der Waals surface area contributed by atoms with E-state index >= 15 is 0 Å². The first kappa shape index (κ1) is 13.9. The summed E-state index contributed by atoms with van der Waals surface area (Å²) in [5.41, 5.74) is 2.80. The van der Waals surface area contributed by atoms with Gasteiger partial charge in [0.2, 0.25) is 0 Å². The molecule has 0 aromatic heterocycles. The molecule has 19 heavy (non-hydrogen) atoms. The van der Waals surface area contributed by atoms with Crippen LogP contribution in [0.3, 0.4) is 0 Å². The molecule has 0 aliphatic heterocycles. The Morgan fingerprint density at radius 1 is 1.47 bits per heavy atom. The van der Waals surface area contributed by atoms with Gasteiger partial charge in [-0.3, -0.25) is 0 Å². The third kappa shape index (κ3) is 2.89. The second kappa shape index (κ2) is 6.05. The van der Waals surface area contributed by atoms with Crippen molar-refractivity contribution in [2.24, 2.45) is 0 Å². The molecular formula is C15H20N2O2. The molecular weight excluding hydrogens is 240 g/mol. The Bertz CT molecular complexity index is 482. The third-order valence-electron chi connectivity index (χ3n) is 3.61. The topological polar surface area (TPSA) is 54.3 Å². The van der Waals surface area contributed by atoms with E-state index in [9.17, 15) is 0 Å². The number of nitriles is 1. The molecule has 1 aliphatic rings. The Kier molecular flexibility index (Phi) is 4.41. The number of anilines is 1. The normalized spacial score (nSPS) is 25.5. The van der Waals surface area contributed by atoms with Gasteiger partial charge in [-0.25, -0.2) is 0 Å². The summed E-state index contributed by atoms with van der Waals surface area (Å²) in [5.74, 6) is 0. The van der Waals surface area contributed by atoms with Crippen LogP contribution in [0.1, 0.15) is 24.5 Å². The van der Waals surface area contributed by atoms with Crippen LogP contribution in [0.15, 0.2) is 18.2 Å². The van der Waals surface area contributed by atoms with E-state index in [2.05, 4.69) is 11.4 Å². The van der Waals surface area contributed by atoms with Gasteiger partial charge in [0.05, 0.1) is 23.8 Å². The maximum Gasteiger partial charge on any atom is 0.103 e. The maximum atomic E-state index is 8.95. The second-order valence-corrected chi connectivity index (χ2v) is 4.82. The number of nitrogens with one attached hydrogen (secondary N) is 1. The number of nitrogens with zero attached hydrogens (tertiary/aromatic N) is 1. The van der Waals surface area contributed by atoms with Gasteiger partial charge in [0.1, 0.15) is 6.10 Å². The summed E-state index contributed by atoms with van der Waals surface area (Å²) >= 11 is 0. The lowest BCUT2D eigenvalue weighted by atomic mass is 9.84. The van der Waals surface area contributed by atoms with Crippen LogP contribution >= 0.6 is 0 Å². The zero-order valence-corrected chi connectivity index (χ0v) is 11.6. The molecule has 1 aromatic rings. The molecule has 4 heteroatoms. The highest BCUT2D eigenvalue weighted by Crippen LogP contribution is 2.31. The third-order valence-corrected chi connectivity index (χ3v) is 3.61. The van der Waals surface area contributed by atoms with E-state index in [0.717, 1.165) is 17.7 Å². The van der Waals surface area contributed by atoms with Crippen molar-refractivity contribution in [2.45, 2.75) is 38.5 Å². The molecule has 0 heterocycles. The average Bonchev–Trinajstić information content (AvgIpc) is 2.40. The average molecular weight is 260 g/mol. The number of hydrogen-bond acceptors (Lipinski definition) is 4. The Labute approximate surface area is 114 Å². The summed E-state index contributed by atoms with van der Waals surface area (Å²) in [6, 6.07) is 8.08. The number of methoxy groups -OCH3 is 1. The molecule has 2 rings (SSSR count). The van der Waals surface area contributed by atoms with Crippen molar-refractivity contribution in [1.29, 1.82) is 5.26 Å². The van der Waals surface area contributed by atoms with Gasteiger partial charge >= 0.3 is 0 Å². The van der Waals surface area contributed by atoms with Gasteiger partial charge in [-0.1, -0.05) is 6.07 Å². The first-order valence-corrected chi connectivity index (χ1v) is 6.61. The largest absolute Gasteiger partial charge is 0.379 e. The van der Waals surface area contributed by atoms with Crippen LogP contribution in [0.25, 0.3) is 0 Å². The smallest absolute Gasteiger partial charge is 0.103 e. The van der Waals surface area contributed by atoms with Gasteiger partial charge in [0.15, 0.2) is 0 Å². The van der Waals surface area contributed by atoms with Crippen LogP contribution < -0.4 is 5.32 Å². The van der Waals surface area contributed by atoms with Gasteiger partial charge in [-0.15, -0.1) is 0 Å². The summed E-state index contributed by atoms with van der Waals surface area (Å²) in [4.78, 5) is 0. The summed E-state index contributed by atoms with van der Waals surface area (Å²) in [5, 5.41) is 12.4. The highest BCUT2D eigenvalue weighted by atomic mass is 16.5. The highest BCUT2D eigenvalue weighted by Gasteiger charge is 2.42. The molecule has 1 N–H and O–H groups in total. The molecule has 0 spiro atoms. The lowest BCUT2D eigenvalue weighted by Crippen LogP contribution is -2.56. The quantitative estimate of drug-likeness (QED) is 0.883. The molecule has 0 bridgehead atoms. The summed E-state index contributed by atoms with van der Waals surface area (Å²) in [7, 11) is 1.71. The minimum atomic E-state index is 0.0742. The minimum Gasteiger partial charge on any atom is -0.379 e. The number of rotatable bonds is 5. The maximum absolute atomic E-state index is 8.95. The van der Waals surface area contributed by atoms with Crippen molar-refractivity contribution in [3.05, 3.63) is 29.3 Å². The number of hydrogen-bond donors (Lipinski definition) is 1. The molecule has 102 valence electrons. The van der Waals surface area contributed by atoms with Gasteiger partial charge in [-0.2, -0.15) is 5.26 Å². The first-order chi connectivity index (χ1) is 9.19. The minimum absolute atomic E-state index is 0.0742. The molecule has 3 atom stereocenters. The van der Waals surface area contributed by atoms with Crippen molar-refractivity contribution in [2.75, 3.05) is 19.0 Å². The van der Waals surface area contributed by atoms with Crippen molar-refractivity contribution >= 4 is 5.69 Å². The van der Waals surface area contributed by atoms with Crippen LogP contribution in [0.5, 0.6) is 0 Å². The molecule has 0 amide bonds. The first-order valence-electron chi connectivity index (χ1n) is 6.61. The van der Waals surface area contributed by atoms with Gasteiger partial charge < -0.3 is 14.8 Å². The molecule has 1 aliphatic carbocycles. The SMILES string of the molecule is CCOC1CC(Nc2cc(C#N)ccc2C)C1OC. The zero-order chi connectivity index (χ0) is 13.8. The fourth-order valence-electron chi connectivity index (χ4n) is 2.46. The molecule has 0 radical (unpaired) electrons. The molecule has 4 nitrogen and oxygen atoms in total. The summed E-state index contributed by atoms with van der Waals surface area (Å²) < 4.78 is 11.1. The van der Waals surface area contributed by atoms with E-state index in [1.165, 1.54) is 0 Å². The zero-order valence-electron chi connectivity index (χ0n) is 11.6. The summed E-state index contributed by atoms with van der Waals surface area (Å²) in [6.45, 7) is 4.73. The van der Waals surface area contributed by atoms with Crippen molar-refractivity contribution in [1.82, 2.24) is 0 Å². The van der Waals surface area contributed by atoms with E-state index in [1.807, 2.05) is 32.0 Å². The van der Waals surface area contributed by atoms with Crippen LogP contribution in [0, 0.1) is 18.3 Å². The predicted octanol–water partition coefficient (Wildman–Crippen LogP) is 2.47. The number of ether oxygens (including phenoxy) is 2. The number of aryl methyl sites for hydroxylation is 1. The van der Waals surface area contributed by atoms with Crippen molar-refractivity contribution in [3.8, 4) is 6.07 Å². The van der Waals surface area contributed by atoms with E-state index < -0.39 is 0 Å². The fraction of sp³-hybridized carbons (Fsp3) is 0.533. The molecule has 1 fully saturated rings. The van der Waals surface area contributed by atoms with Gasteiger partial charge in [0.25, 0.3) is 0 Å². The monoisotopic (exact) mass is 260 g/mol. The van der Waals surface area contributed by atoms with Crippen LogP contribution in [-0.2, 0) is 9.47 Å². The Balaban J connectivity index is 2.04. The van der Waals surface area contributed by atoms with Gasteiger partial charge in [-0.05, 0) is 38.0 Å². The second-order valence-electron chi connectivity index (χ2n) is 4.82. The lowest BCUT2D eigenvalue weighted by molar-refractivity contribution is -0.118. The Morgan fingerprint density at radius 3 is 2.89 bits per heavy atom. The standard InChI is InChI=1S/C15H20N2O2/c1-4-19-14-8-13(15(14)18-3)17-12-7-11(9-16)6-5-10(12)2/h5-7,13-15,17H,4,8H2,1-3H3. The molecule has 0 saturated heterocycles. The predicted molar refractivity (Wildman–Crippen MR) is 74.1 cm³/mol. The lowest BCUT2D eigenvalue weighted by Gasteiger charge is -2.44. The van der Waals surface area contributed by atoms with E-state index in [-0.39, 0.29) is 18.2 Å². The molecule has 1 aromatic carbocycles.